The molecule has 1 amide bonds. The van der Waals surface area contributed by atoms with E-state index < -0.39 is 0 Å². The molecular weight excluding hydrogens is 278 g/mol. The standard InChI is InChI=1S/C18H17NO3/c1-2-9-22-13-8-7-12(17(20)11-13)10-15-14-5-3-4-6-16(14)19-18(15)21/h3-8,10-11,20H,2,9H2,1H3,(H,19,21)/b15-10+. The Balaban J connectivity index is 1.94. The number of aromatic hydroxyl groups is 1. The third kappa shape index (κ3) is 2.68. The maximum atomic E-state index is 12.1. The van der Waals surface area contributed by atoms with Gasteiger partial charge in [0.05, 0.1) is 6.61 Å². The highest BCUT2D eigenvalue weighted by Crippen LogP contribution is 2.34. The van der Waals surface area contributed by atoms with E-state index in [1.54, 1.807) is 24.3 Å². The number of nitrogens with one attached hydrogen (secondary N) is 1. The number of benzene rings is 2. The van der Waals surface area contributed by atoms with Crippen LogP contribution in [-0.4, -0.2) is 17.6 Å². The summed E-state index contributed by atoms with van der Waals surface area (Å²) in [6, 6.07) is 12.6. The van der Waals surface area contributed by atoms with Crippen molar-refractivity contribution in [2.75, 3.05) is 11.9 Å². The van der Waals surface area contributed by atoms with Crippen LogP contribution in [0.2, 0.25) is 0 Å². The molecule has 0 aliphatic carbocycles. The van der Waals surface area contributed by atoms with Gasteiger partial charge in [-0.2, -0.15) is 0 Å². The number of ether oxygens (including phenoxy) is 1. The first-order valence-electron chi connectivity index (χ1n) is 7.27. The zero-order valence-corrected chi connectivity index (χ0v) is 12.3. The van der Waals surface area contributed by atoms with Crippen LogP contribution in [0.1, 0.15) is 24.5 Å². The minimum absolute atomic E-state index is 0.0956. The summed E-state index contributed by atoms with van der Waals surface area (Å²) < 4.78 is 5.48. The number of fused-ring (bicyclic) bond motifs is 1. The van der Waals surface area contributed by atoms with Crippen LogP contribution in [-0.2, 0) is 4.79 Å². The zero-order valence-electron chi connectivity index (χ0n) is 12.3. The van der Waals surface area contributed by atoms with Gasteiger partial charge in [-0.25, -0.2) is 0 Å². The van der Waals surface area contributed by atoms with Crippen molar-refractivity contribution in [3.63, 3.8) is 0 Å². The lowest BCUT2D eigenvalue weighted by molar-refractivity contribution is -0.110. The van der Waals surface area contributed by atoms with Gasteiger partial charge in [0.2, 0.25) is 0 Å². The number of amides is 1. The first kappa shape index (κ1) is 14.2. The van der Waals surface area contributed by atoms with Crippen LogP contribution in [0.5, 0.6) is 11.5 Å². The molecule has 1 aliphatic heterocycles. The molecule has 0 saturated carbocycles. The molecule has 0 aromatic heterocycles. The molecule has 4 nitrogen and oxygen atoms in total. The molecule has 0 radical (unpaired) electrons. The fraction of sp³-hybridized carbons (Fsp3) is 0.167. The van der Waals surface area contributed by atoms with Crippen LogP contribution in [0.4, 0.5) is 5.69 Å². The molecule has 2 aromatic rings. The van der Waals surface area contributed by atoms with E-state index in [0.29, 0.717) is 23.5 Å². The van der Waals surface area contributed by atoms with E-state index >= 15 is 0 Å². The Bertz CT molecular complexity index is 750. The van der Waals surface area contributed by atoms with Crippen molar-refractivity contribution < 1.29 is 14.6 Å². The molecule has 1 heterocycles. The summed E-state index contributed by atoms with van der Waals surface area (Å²) in [6.45, 7) is 2.63. The maximum Gasteiger partial charge on any atom is 0.256 e. The molecule has 22 heavy (non-hydrogen) atoms. The molecule has 2 N–H and O–H groups in total. The molecule has 1 aliphatic rings. The van der Waals surface area contributed by atoms with E-state index in [0.717, 1.165) is 17.7 Å². The van der Waals surface area contributed by atoms with Crippen LogP contribution in [0.3, 0.4) is 0 Å². The van der Waals surface area contributed by atoms with Gasteiger partial charge in [-0.15, -0.1) is 0 Å². The molecule has 0 fully saturated rings. The molecular formula is C18H17NO3. The Kier molecular flexibility index (Phi) is 3.83. The number of anilines is 1. The number of carbonyl (C=O) groups excluding carboxylic acids is 1. The zero-order chi connectivity index (χ0) is 15.5. The third-order valence-electron chi connectivity index (χ3n) is 3.48. The second-order valence-electron chi connectivity index (χ2n) is 5.13. The molecule has 0 bridgehead atoms. The number of hydrogen-bond acceptors (Lipinski definition) is 3. The first-order valence-corrected chi connectivity index (χ1v) is 7.27. The molecule has 0 spiro atoms. The lowest BCUT2D eigenvalue weighted by Crippen LogP contribution is -2.03. The van der Waals surface area contributed by atoms with Crippen molar-refractivity contribution in [3.05, 3.63) is 53.6 Å². The van der Waals surface area contributed by atoms with Crippen LogP contribution in [0.25, 0.3) is 11.6 Å². The van der Waals surface area contributed by atoms with Crippen molar-refractivity contribution in [2.45, 2.75) is 13.3 Å². The predicted molar refractivity (Wildman–Crippen MR) is 86.8 cm³/mol. The van der Waals surface area contributed by atoms with Crippen molar-refractivity contribution in [1.29, 1.82) is 0 Å². The van der Waals surface area contributed by atoms with Crippen molar-refractivity contribution >= 4 is 23.2 Å². The van der Waals surface area contributed by atoms with Gasteiger partial charge in [0.1, 0.15) is 11.5 Å². The number of hydrogen-bond donors (Lipinski definition) is 2. The second kappa shape index (κ2) is 5.93. The van der Waals surface area contributed by atoms with Gasteiger partial charge in [-0.05, 0) is 30.7 Å². The topological polar surface area (TPSA) is 58.6 Å². The average molecular weight is 295 g/mol. The van der Waals surface area contributed by atoms with Crippen LogP contribution < -0.4 is 10.1 Å². The van der Waals surface area contributed by atoms with E-state index in [1.807, 2.05) is 31.2 Å². The van der Waals surface area contributed by atoms with Crippen molar-refractivity contribution in [2.24, 2.45) is 0 Å². The van der Waals surface area contributed by atoms with Crippen LogP contribution >= 0.6 is 0 Å². The average Bonchev–Trinajstić information content (AvgIpc) is 2.83. The quantitative estimate of drug-likeness (QED) is 0.846. The highest BCUT2D eigenvalue weighted by atomic mass is 16.5. The number of rotatable bonds is 4. The molecule has 112 valence electrons. The summed E-state index contributed by atoms with van der Waals surface area (Å²) in [4.78, 5) is 12.1. The second-order valence-corrected chi connectivity index (χ2v) is 5.13. The van der Waals surface area contributed by atoms with Crippen LogP contribution in [0, 0.1) is 0 Å². The molecule has 2 aromatic carbocycles. The predicted octanol–water partition coefficient (Wildman–Crippen LogP) is 3.67. The first-order chi connectivity index (χ1) is 10.7. The fourth-order valence-corrected chi connectivity index (χ4v) is 2.39. The molecule has 4 heteroatoms. The maximum absolute atomic E-state index is 12.1. The highest BCUT2D eigenvalue weighted by Gasteiger charge is 2.23. The van der Waals surface area contributed by atoms with Gasteiger partial charge >= 0.3 is 0 Å². The summed E-state index contributed by atoms with van der Waals surface area (Å²) >= 11 is 0. The minimum Gasteiger partial charge on any atom is -0.507 e. The van der Waals surface area contributed by atoms with Crippen LogP contribution in [0.15, 0.2) is 42.5 Å². The third-order valence-corrected chi connectivity index (χ3v) is 3.48. The molecule has 3 rings (SSSR count). The van der Waals surface area contributed by atoms with E-state index in [4.69, 9.17) is 4.74 Å². The summed E-state index contributed by atoms with van der Waals surface area (Å²) in [5, 5.41) is 12.9. The van der Waals surface area contributed by atoms with E-state index in [2.05, 4.69) is 5.32 Å². The summed E-state index contributed by atoms with van der Waals surface area (Å²) in [5.74, 6) is 0.558. The van der Waals surface area contributed by atoms with Crippen molar-refractivity contribution in [1.82, 2.24) is 0 Å². The smallest absolute Gasteiger partial charge is 0.256 e. The minimum atomic E-state index is -0.160. The van der Waals surface area contributed by atoms with Gasteiger partial charge in [0.25, 0.3) is 5.91 Å². The lowest BCUT2D eigenvalue weighted by atomic mass is 10.0. The fourth-order valence-electron chi connectivity index (χ4n) is 2.39. The Morgan fingerprint density at radius 3 is 2.82 bits per heavy atom. The Morgan fingerprint density at radius 2 is 2.05 bits per heavy atom. The molecule has 0 unspecified atom stereocenters. The number of carbonyl (C=O) groups is 1. The Hall–Kier alpha value is -2.75. The number of phenolic OH excluding ortho intramolecular Hbond substituents is 1. The van der Waals surface area contributed by atoms with Gasteiger partial charge in [0.15, 0.2) is 0 Å². The Labute approximate surface area is 129 Å². The van der Waals surface area contributed by atoms with Gasteiger partial charge in [-0.1, -0.05) is 25.1 Å². The largest absolute Gasteiger partial charge is 0.507 e. The molecule has 0 saturated heterocycles. The highest BCUT2D eigenvalue weighted by molar-refractivity contribution is 6.35. The lowest BCUT2D eigenvalue weighted by Gasteiger charge is -2.07. The van der Waals surface area contributed by atoms with Gasteiger partial charge in [0, 0.05) is 28.5 Å². The van der Waals surface area contributed by atoms with E-state index in [1.165, 1.54) is 0 Å². The summed E-state index contributed by atoms with van der Waals surface area (Å²) in [7, 11) is 0. The SMILES string of the molecule is CCCOc1ccc(/C=C2/C(=O)Nc3ccccc32)c(O)c1. The van der Waals surface area contributed by atoms with Crippen molar-refractivity contribution in [3.8, 4) is 11.5 Å². The van der Waals surface area contributed by atoms with E-state index in [-0.39, 0.29) is 11.7 Å². The van der Waals surface area contributed by atoms with Gasteiger partial charge in [-0.3, -0.25) is 4.79 Å². The van der Waals surface area contributed by atoms with E-state index in [9.17, 15) is 9.90 Å². The molecule has 0 atom stereocenters. The Morgan fingerprint density at radius 1 is 1.23 bits per heavy atom. The number of para-hydroxylation sites is 1. The summed E-state index contributed by atoms with van der Waals surface area (Å²) in [6.07, 6.45) is 2.60. The normalized spacial score (nSPS) is 14.8. The summed E-state index contributed by atoms with van der Waals surface area (Å²) in [5.41, 5.74) is 2.78. The monoisotopic (exact) mass is 295 g/mol. The van der Waals surface area contributed by atoms with Gasteiger partial charge < -0.3 is 15.2 Å². The number of phenols is 1.